The zero-order valence-electron chi connectivity index (χ0n) is 10.1. The fourth-order valence-corrected chi connectivity index (χ4v) is 1.74. The normalized spacial score (nSPS) is 10.9. The number of carbonyl (C=O) groups excluding carboxylic acids is 1. The Balaban J connectivity index is 1.96. The first-order chi connectivity index (χ1) is 8.15. The predicted octanol–water partition coefficient (Wildman–Crippen LogP) is 1.86. The van der Waals surface area contributed by atoms with Crippen molar-refractivity contribution >= 4 is 16.9 Å². The molecule has 0 saturated carbocycles. The van der Waals surface area contributed by atoms with Gasteiger partial charge in [0.05, 0.1) is 6.54 Å². The molecule has 2 aromatic rings. The molecule has 0 spiro atoms. The molecule has 1 heterocycles. The fraction of sp³-hybridized carbons (Fsp3) is 0.385. The van der Waals surface area contributed by atoms with Gasteiger partial charge < -0.3 is 9.73 Å². The van der Waals surface area contributed by atoms with E-state index in [1.165, 1.54) is 5.56 Å². The zero-order chi connectivity index (χ0) is 12.3. The highest BCUT2D eigenvalue weighted by atomic mass is 16.3. The van der Waals surface area contributed by atoms with Crippen LogP contribution in [0.4, 0.5) is 0 Å². The Bertz CT molecular complexity index is 531. The van der Waals surface area contributed by atoms with Gasteiger partial charge in [0, 0.05) is 6.92 Å². The highest BCUT2D eigenvalue weighted by Gasteiger charge is 2.03. The molecule has 0 radical (unpaired) electrons. The standard InChI is InChI=1S/C13H16N2O2/c1-9(16)8-14-6-5-11-3-4-13-12(7-11)15-10(2)17-13/h3-4,7,14H,5-6,8H2,1-2H3. The molecule has 0 atom stereocenters. The molecule has 1 N–H and O–H groups in total. The molecule has 17 heavy (non-hydrogen) atoms. The molecular weight excluding hydrogens is 216 g/mol. The number of aromatic nitrogens is 1. The number of nitrogens with zero attached hydrogens (tertiary/aromatic N) is 1. The number of nitrogens with one attached hydrogen (secondary N) is 1. The van der Waals surface area contributed by atoms with Crippen molar-refractivity contribution in [3.63, 3.8) is 0 Å². The predicted molar refractivity (Wildman–Crippen MR) is 66.0 cm³/mol. The molecule has 2 rings (SSSR count). The van der Waals surface area contributed by atoms with Crippen LogP contribution in [0, 0.1) is 6.92 Å². The van der Waals surface area contributed by atoms with Gasteiger partial charge >= 0.3 is 0 Å². The molecule has 90 valence electrons. The summed E-state index contributed by atoms with van der Waals surface area (Å²) < 4.78 is 5.41. The van der Waals surface area contributed by atoms with Gasteiger partial charge in [0.2, 0.25) is 0 Å². The lowest BCUT2D eigenvalue weighted by Gasteiger charge is -2.02. The summed E-state index contributed by atoms with van der Waals surface area (Å²) in [6.45, 7) is 4.65. The van der Waals surface area contributed by atoms with Crippen molar-refractivity contribution in [2.45, 2.75) is 20.3 Å². The maximum atomic E-state index is 10.7. The number of aryl methyl sites for hydroxylation is 1. The van der Waals surface area contributed by atoms with Crippen LogP contribution in [0.25, 0.3) is 11.1 Å². The maximum absolute atomic E-state index is 10.7. The average Bonchev–Trinajstić information content (AvgIpc) is 2.63. The molecule has 0 aliphatic rings. The lowest BCUT2D eigenvalue weighted by molar-refractivity contribution is -0.116. The van der Waals surface area contributed by atoms with E-state index in [9.17, 15) is 4.79 Å². The number of ketones is 1. The molecule has 0 saturated heterocycles. The fourth-order valence-electron chi connectivity index (χ4n) is 1.74. The molecule has 1 aromatic carbocycles. The lowest BCUT2D eigenvalue weighted by Crippen LogP contribution is -2.23. The van der Waals surface area contributed by atoms with Crippen molar-refractivity contribution in [2.75, 3.05) is 13.1 Å². The first-order valence-corrected chi connectivity index (χ1v) is 5.71. The monoisotopic (exact) mass is 232 g/mol. The van der Waals surface area contributed by atoms with Gasteiger partial charge in [-0.2, -0.15) is 0 Å². The molecule has 4 nitrogen and oxygen atoms in total. The van der Waals surface area contributed by atoms with Gasteiger partial charge in [-0.15, -0.1) is 0 Å². The Morgan fingerprint density at radius 2 is 2.29 bits per heavy atom. The van der Waals surface area contributed by atoms with Crippen LogP contribution in [0.15, 0.2) is 22.6 Å². The summed E-state index contributed by atoms with van der Waals surface area (Å²) >= 11 is 0. The number of benzene rings is 1. The van der Waals surface area contributed by atoms with Crippen LogP contribution in [0.1, 0.15) is 18.4 Å². The Kier molecular flexibility index (Phi) is 3.54. The molecule has 0 unspecified atom stereocenters. The Hall–Kier alpha value is -1.68. The van der Waals surface area contributed by atoms with E-state index in [1.54, 1.807) is 6.92 Å². The van der Waals surface area contributed by atoms with Gasteiger partial charge in [-0.3, -0.25) is 4.79 Å². The average molecular weight is 232 g/mol. The van der Waals surface area contributed by atoms with Crippen molar-refractivity contribution in [3.8, 4) is 0 Å². The van der Waals surface area contributed by atoms with Crippen LogP contribution in [0.5, 0.6) is 0 Å². The summed E-state index contributed by atoms with van der Waals surface area (Å²) in [6.07, 6.45) is 0.884. The minimum Gasteiger partial charge on any atom is -0.441 e. The van der Waals surface area contributed by atoms with Gasteiger partial charge in [0.25, 0.3) is 0 Å². The third-order valence-electron chi connectivity index (χ3n) is 2.52. The molecule has 0 fully saturated rings. The van der Waals surface area contributed by atoms with E-state index in [2.05, 4.69) is 10.3 Å². The van der Waals surface area contributed by atoms with Crippen molar-refractivity contribution < 1.29 is 9.21 Å². The van der Waals surface area contributed by atoms with Crippen molar-refractivity contribution in [1.29, 1.82) is 0 Å². The van der Waals surface area contributed by atoms with E-state index >= 15 is 0 Å². The molecule has 0 aliphatic carbocycles. The van der Waals surface area contributed by atoms with E-state index in [-0.39, 0.29) is 5.78 Å². The van der Waals surface area contributed by atoms with E-state index in [0.717, 1.165) is 24.1 Å². The minimum absolute atomic E-state index is 0.160. The lowest BCUT2D eigenvalue weighted by atomic mass is 10.1. The van der Waals surface area contributed by atoms with Crippen molar-refractivity contribution in [2.24, 2.45) is 0 Å². The minimum atomic E-state index is 0.160. The largest absolute Gasteiger partial charge is 0.441 e. The summed E-state index contributed by atoms with van der Waals surface area (Å²) in [7, 11) is 0. The second-order valence-electron chi connectivity index (χ2n) is 4.16. The van der Waals surface area contributed by atoms with Gasteiger partial charge in [0.15, 0.2) is 11.5 Å². The number of hydrogen-bond donors (Lipinski definition) is 1. The number of Topliss-reactive ketones (excluding diaryl/α,β-unsaturated/α-hetero) is 1. The van der Waals surface area contributed by atoms with Gasteiger partial charge in [0.1, 0.15) is 11.3 Å². The van der Waals surface area contributed by atoms with Crippen molar-refractivity contribution in [1.82, 2.24) is 10.3 Å². The van der Waals surface area contributed by atoms with Gasteiger partial charge in [-0.25, -0.2) is 4.98 Å². The van der Waals surface area contributed by atoms with E-state index in [4.69, 9.17) is 4.42 Å². The van der Waals surface area contributed by atoms with Crippen LogP contribution < -0.4 is 5.32 Å². The number of oxazole rings is 1. The smallest absolute Gasteiger partial charge is 0.192 e. The Labute approximate surface area is 100 Å². The first-order valence-electron chi connectivity index (χ1n) is 5.71. The molecule has 4 heteroatoms. The SMILES string of the molecule is CC(=O)CNCCc1ccc2oc(C)nc2c1. The second kappa shape index (κ2) is 5.10. The van der Waals surface area contributed by atoms with Crippen LogP contribution in [-0.4, -0.2) is 23.9 Å². The molecule has 0 bridgehead atoms. The number of carbonyl (C=O) groups is 1. The third-order valence-corrected chi connectivity index (χ3v) is 2.52. The maximum Gasteiger partial charge on any atom is 0.192 e. The number of rotatable bonds is 5. The van der Waals surface area contributed by atoms with Gasteiger partial charge in [-0.1, -0.05) is 6.07 Å². The quantitative estimate of drug-likeness (QED) is 0.799. The number of fused-ring (bicyclic) bond motifs is 1. The Morgan fingerprint density at radius 1 is 1.47 bits per heavy atom. The highest BCUT2D eigenvalue weighted by Crippen LogP contribution is 2.16. The van der Waals surface area contributed by atoms with Crippen LogP contribution in [-0.2, 0) is 11.2 Å². The summed E-state index contributed by atoms with van der Waals surface area (Å²) in [6, 6.07) is 6.00. The summed E-state index contributed by atoms with van der Waals surface area (Å²) in [5, 5.41) is 3.09. The Morgan fingerprint density at radius 3 is 3.06 bits per heavy atom. The van der Waals surface area contributed by atoms with Crippen LogP contribution in [0.3, 0.4) is 0 Å². The molecular formula is C13H16N2O2. The first kappa shape index (κ1) is 11.8. The van der Waals surface area contributed by atoms with E-state index in [1.807, 2.05) is 25.1 Å². The van der Waals surface area contributed by atoms with Crippen LogP contribution >= 0.6 is 0 Å². The summed E-state index contributed by atoms with van der Waals surface area (Å²) in [5.41, 5.74) is 2.91. The van der Waals surface area contributed by atoms with Crippen LogP contribution in [0.2, 0.25) is 0 Å². The summed E-state index contributed by atoms with van der Waals surface area (Å²) in [5.74, 6) is 0.847. The third kappa shape index (κ3) is 3.14. The molecule has 0 aliphatic heterocycles. The molecule has 0 amide bonds. The van der Waals surface area contributed by atoms with Gasteiger partial charge in [-0.05, 0) is 37.6 Å². The summed E-state index contributed by atoms with van der Waals surface area (Å²) in [4.78, 5) is 15.0. The van der Waals surface area contributed by atoms with Crippen molar-refractivity contribution in [3.05, 3.63) is 29.7 Å². The van der Waals surface area contributed by atoms with E-state index < -0.39 is 0 Å². The topological polar surface area (TPSA) is 55.1 Å². The molecule has 1 aromatic heterocycles. The highest BCUT2D eigenvalue weighted by molar-refractivity contribution is 5.77. The number of hydrogen-bond acceptors (Lipinski definition) is 4. The zero-order valence-corrected chi connectivity index (χ0v) is 10.1. The van der Waals surface area contributed by atoms with E-state index in [0.29, 0.717) is 12.4 Å². The second-order valence-corrected chi connectivity index (χ2v) is 4.16.